The summed E-state index contributed by atoms with van der Waals surface area (Å²) < 4.78 is 8.46. The largest absolute Gasteiger partial charge is 0.352 e. The summed E-state index contributed by atoms with van der Waals surface area (Å²) in [6.07, 6.45) is 8.82. The average molecular weight is 398 g/mol. The second-order valence-corrected chi connectivity index (χ2v) is 7.40. The SMILES string of the molecule is CCN(CC)C(=O)C1Cn2ccnc2C2(CCN(C(=O)c3cnccn3)CC2)O1. The maximum absolute atomic E-state index is 13.0. The van der Waals surface area contributed by atoms with E-state index < -0.39 is 11.7 Å². The van der Waals surface area contributed by atoms with Crippen LogP contribution in [0, 0.1) is 0 Å². The normalized spacial score (nSPS) is 20.3. The minimum Gasteiger partial charge on any atom is -0.352 e. The van der Waals surface area contributed by atoms with Crippen molar-refractivity contribution in [3.05, 3.63) is 42.5 Å². The van der Waals surface area contributed by atoms with Crippen LogP contribution < -0.4 is 0 Å². The number of likely N-dealkylation sites (N-methyl/N-ethyl adjacent to an activating group) is 1. The Labute approximate surface area is 169 Å². The Kier molecular flexibility index (Phi) is 5.31. The number of hydrogen-bond donors (Lipinski definition) is 0. The lowest BCUT2D eigenvalue weighted by atomic mass is 9.88. The second-order valence-electron chi connectivity index (χ2n) is 7.40. The van der Waals surface area contributed by atoms with Gasteiger partial charge in [-0.05, 0) is 13.8 Å². The first-order valence-corrected chi connectivity index (χ1v) is 10.1. The Balaban J connectivity index is 1.53. The van der Waals surface area contributed by atoms with Gasteiger partial charge < -0.3 is 19.1 Å². The van der Waals surface area contributed by atoms with Crippen molar-refractivity contribution in [2.75, 3.05) is 26.2 Å². The third kappa shape index (κ3) is 3.50. The minimum atomic E-state index is -0.658. The Morgan fingerprint density at radius 1 is 1.17 bits per heavy atom. The first-order chi connectivity index (χ1) is 14.1. The number of imidazole rings is 1. The number of likely N-dealkylation sites (tertiary alicyclic amines) is 1. The van der Waals surface area contributed by atoms with Crippen LogP contribution in [0.2, 0.25) is 0 Å². The third-order valence-corrected chi connectivity index (χ3v) is 5.84. The van der Waals surface area contributed by atoms with Gasteiger partial charge in [0.25, 0.3) is 11.8 Å². The summed E-state index contributed by atoms with van der Waals surface area (Å²) in [5, 5.41) is 0. The first kappa shape index (κ1) is 19.5. The van der Waals surface area contributed by atoms with Crippen molar-refractivity contribution in [3.8, 4) is 0 Å². The number of ether oxygens (including phenoxy) is 1. The molecule has 0 bridgehead atoms. The molecule has 4 rings (SSSR count). The molecule has 2 aromatic rings. The third-order valence-electron chi connectivity index (χ3n) is 5.84. The van der Waals surface area contributed by atoms with E-state index in [1.807, 2.05) is 24.6 Å². The molecule has 2 aromatic heterocycles. The molecule has 0 saturated carbocycles. The summed E-state index contributed by atoms with van der Waals surface area (Å²) in [4.78, 5) is 41.8. The van der Waals surface area contributed by atoms with Gasteiger partial charge in [0.1, 0.15) is 17.1 Å². The molecule has 154 valence electrons. The maximum Gasteiger partial charge on any atom is 0.274 e. The fourth-order valence-electron chi connectivity index (χ4n) is 4.25. The molecular weight excluding hydrogens is 372 g/mol. The van der Waals surface area contributed by atoms with Gasteiger partial charge in [-0.2, -0.15) is 0 Å². The second kappa shape index (κ2) is 7.90. The van der Waals surface area contributed by atoms with Gasteiger partial charge in [0.15, 0.2) is 6.10 Å². The molecule has 1 fully saturated rings. The van der Waals surface area contributed by atoms with E-state index in [0.29, 0.717) is 51.3 Å². The van der Waals surface area contributed by atoms with Gasteiger partial charge in [0.2, 0.25) is 0 Å². The molecule has 1 saturated heterocycles. The smallest absolute Gasteiger partial charge is 0.274 e. The zero-order chi connectivity index (χ0) is 20.4. The molecule has 2 aliphatic heterocycles. The van der Waals surface area contributed by atoms with Gasteiger partial charge in [-0.3, -0.25) is 14.6 Å². The molecule has 0 N–H and O–H groups in total. The highest BCUT2D eigenvalue weighted by molar-refractivity contribution is 5.92. The number of piperidine rings is 1. The number of fused-ring (bicyclic) bond motifs is 2. The van der Waals surface area contributed by atoms with E-state index in [4.69, 9.17) is 4.74 Å². The summed E-state index contributed by atoms with van der Waals surface area (Å²) in [5.41, 5.74) is -0.321. The number of rotatable bonds is 4. The lowest BCUT2D eigenvalue weighted by Gasteiger charge is -2.46. The van der Waals surface area contributed by atoms with E-state index in [-0.39, 0.29) is 11.8 Å². The van der Waals surface area contributed by atoms with E-state index in [1.54, 1.807) is 22.2 Å². The van der Waals surface area contributed by atoms with Crippen molar-refractivity contribution in [1.82, 2.24) is 29.3 Å². The van der Waals surface area contributed by atoms with Crippen LogP contribution in [0.4, 0.5) is 0 Å². The Morgan fingerprint density at radius 3 is 2.59 bits per heavy atom. The summed E-state index contributed by atoms with van der Waals surface area (Å²) in [6.45, 7) is 6.73. The molecule has 2 amide bonds. The molecule has 9 heteroatoms. The van der Waals surface area contributed by atoms with E-state index >= 15 is 0 Å². The number of nitrogens with zero attached hydrogens (tertiary/aromatic N) is 6. The van der Waals surface area contributed by atoms with Gasteiger partial charge in [0, 0.05) is 63.8 Å². The Morgan fingerprint density at radius 2 is 1.93 bits per heavy atom. The van der Waals surface area contributed by atoms with Crippen LogP contribution >= 0.6 is 0 Å². The van der Waals surface area contributed by atoms with Gasteiger partial charge >= 0.3 is 0 Å². The molecule has 29 heavy (non-hydrogen) atoms. The van der Waals surface area contributed by atoms with Gasteiger partial charge in [0.05, 0.1) is 12.7 Å². The molecule has 9 nitrogen and oxygen atoms in total. The van der Waals surface area contributed by atoms with Gasteiger partial charge in [-0.25, -0.2) is 9.97 Å². The Bertz CT molecular complexity index is 871. The van der Waals surface area contributed by atoms with Crippen LogP contribution in [-0.4, -0.2) is 73.4 Å². The molecular formula is C20H26N6O3. The summed E-state index contributed by atoms with van der Waals surface area (Å²) in [7, 11) is 0. The van der Waals surface area contributed by atoms with E-state index in [1.165, 1.54) is 12.4 Å². The number of hydrogen-bond acceptors (Lipinski definition) is 6. The molecule has 0 radical (unpaired) electrons. The van der Waals surface area contributed by atoms with Crippen molar-refractivity contribution in [1.29, 1.82) is 0 Å². The molecule has 0 aromatic carbocycles. The highest BCUT2D eigenvalue weighted by atomic mass is 16.5. The molecule has 1 atom stereocenters. The quantitative estimate of drug-likeness (QED) is 0.765. The average Bonchev–Trinajstić information content (AvgIpc) is 3.25. The van der Waals surface area contributed by atoms with E-state index in [2.05, 4.69) is 15.0 Å². The predicted molar refractivity (Wildman–Crippen MR) is 104 cm³/mol. The fraction of sp³-hybridized carbons (Fsp3) is 0.550. The lowest BCUT2D eigenvalue weighted by Crippen LogP contribution is -2.55. The monoisotopic (exact) mass is 398 g/mol. The highest BCUT2D eigenvalue weighted by Crippen LogP contribution is 2.40. The van der Waals surface area contributed by atoms with Crippen molar-refractivity contribution in [2.45, 2.75) is 44.9 Å². The first-order valence-electron chi connectivity index (χ1n) is 10.1. The van der Waals surface area contributed by atoms with E-state index in [0.717, 1.165) is 5.82 Å². The number of aromatic nitrogens is 4. The summed E-state index contributed by atoms with van der Waals surface area (Å²) >= 11 is 0. The van der Waals surface area contributed by atoms with Gasteiger partial charge in [-0.1, -0.05) is 0 Å². The molecule has 1 spiro atoms. The highest BCUT2D eigenvalue weighted by Gasteiger charge is 2.48. The summed E-state index contributed by atoms with van der Waals surface area (Å²) in [6, 6.07) is 0. The molecule has 1 unspecified atom stereocenters. The fourth-order valence-corrected chi connectivity index (χ4v) is 4.25. The number of amides is 2. The van der Waals surface area contributed by atoms with Crippen molar-refractivity contribution in [3.63, 3.8) is 0 Å². The lowest BCUT2D eigenvalue weighted by molar-refractivity contribution is -0.179. The standard InChI is InChI=1S/C20H26N6O3/c1-3-24(4-2)18(28)16-14-26-12-9-23-19(26)20(29-16)5-10-25(11-6-20)17(27)15-13-21-7-8-22-15/h7-9,12-13,16H,3-6,10-11,14H2,1-2H3. The van der Waals surface area contributed by atoms with Crippen LogP contribution in [0.3, 0.4) is 0 Å². The molecule has 4 heterocycles. The molecule has 2 aliphatic rings. The minimum absolute atomic E-state index is 0.00629. The maximum atomic E-state index is 13.0. The Hall–Kier alpha value is -2.81. The van der Waals surface area contributed by atoms with Crippen LogP contribution in [0.1, 0.15) is 43.0 Å². The molecule has 0 aliphatic carbocycles. The van der Waals surface area contributed by atoms with Gasteiger partial charge in [-0.15, -0.1) is 0 Å². The number of carbonyl (C=O) groups is 2. The van der Waals surface area contributed by atoms with E-state index in [9.17, 15) is 9.59 Å². The van der Waals surface area contributed by atoms with Crippen molar-refractivity contribution in [2.24, 2.45) is 0 Å². The zero-order valence-corrected chi connectivity index (χ0v) is 16.8. The topological polar surface area (TPSA) is 93.5 Å². The van der Waals surface area contributed by atoms with Crippen LogP contribution in [0.25, 0.3) is 0 Å². The van der Waals surface area contributed by atoms with Crippen molar-refractivity contribution >= 4 is 11.8 Å². The van der Waals surface area contributed by atoms with Crippen LogP contribution in [0.5, 0.6) is 0 Å². The summed E-state index contributed by atoms with van der Waals surface area (Å²) in [5.74, 6) is 0.711. The van der Waals surface area contributed by atoms with Crippen molar-refractivity contribution < 1.29 is 14.3 Å². The zero-order valence-electron chi connectivity index (χ0n) is 16.8. The van der Waals surface area contributed by atoms with Crippen LogP contribution in [0.15, 0.2) is 31.0 Å². The predicted octanol–water partition coefficient (Wildman–Crippen LogP) is 1.07. The van der Waals surface area contributed by atoms with Crippen LogP contribution in [-0.2, 0) is 21.7 Å². The number of carbonyl (C=O) groups excluding carboxylic acids is 2.